The summed E-state index contributed by atoms with van der Waals surface area (Å²) in [7, 11) is 1.43. The summed E-state index contributed by atoms with van der Waals surface area (Å²) >= 11 is 3.46. The van der Waals surface area contributed by atoms with Crippen LogP contribution in [0.2, 0.25) is 0 Å². The van der Waals surface area contributed by atoms with E-state index in [0.717, 1.165) is 10.0 Å². The number of nitrogens with zero attached hydrogens (tertiary/aromatic N) is 2. The number of rotatable bonds is 5. The molecule has 3 aromatic carbocycles. The number of halogens is 1. The average Bonchev–Trinajstić information content (AvgIpc) is 2.78. The molecule has 31 heavy (non-hydrogen) atoms. The Morgan fingerprint density at radius 3 is 2.61 bits per heavy atom. The predicted octanol–water partition coefficient (Wildman–Crippen LogP) is 5.83. The van der Waals surface area contributed by atoms with Crippen LogP contribution in [0.15, 0.2) is 77.3 Å². The topological polar surface area (TPSA) is 94.4 Å². The molecule has 1 amide bonds. The number of nitro groups is 1. The average molecular weight is 478 g/mol. The highest BCUT2D eigenvalue weighted by Crippen LogP contribution is 2.31. The van der Waals surface area contributed by atoms with Crippen LogP contribution in [0.25, 0.3) is 22.2 Å². The molecule has 0 aliphatic carbocycles. The van der Waals surface area contributed by atoms with Gasteiger partial charge in [0.25, 0.3) is 11.6 Å². The molecule has 0 radical (unpaired) electrons. The van der Waals surface area contributed by atoms with Crippen molar-refractivity contribution in [1.29, 1.82) is 0 Å². The second kappa shape index (κ2) is 8.53. The molecule has 0 aliphatic heterocycles. The number of amides is 1. The molecule has 1 aromatic heterocycles. The second-order valence-electron chi connectivity index (χ2n) is 6.68. The highest BCUT2D eigenvalue weighted by molar-refractivity contribution is 9.10. The van der Waals surface area contributed by atoms with Gasteiger partial charge in [0.1, 0.15) is 5.75 Å². The number of anilines is 1. The maximum atomic E-state index is 13.3. The summed E-state index contributed by atoms with van der Waals surface area (Å²) in [6, 6.07) is 20.7. The Hall–Kier alpha value is -3.78. The molecular formula is C23H16BrN3O4. The third-order valence-corrected chi connectivity index (χ3v) is 5.22. The van der Waals surface area contributed by atoms with Crippen molar-refractivity contribution in [3.8, 4) is 17.0 Å². The largest absolute Gasteiger partial charge is 0.495 e. The van der Waals surface area contributed by atoms with E-state index < -0.39 is 10.8 Å². The van der Waals surface area contributed by atoms with Crippen LogP contribution in [0.1, 0.15) is 10.4 Å². The summed E-state index contributed by atoms with van der Waals surface area (Å²) in [6.45, 7) is 0. The molecule has 4 rings (SSSR count). The Balaban J connectivity index is 1.81. The predicted molar refractivity (Wildman–Crippen MR) is 122 cm³/mol. The molecule has 1 heterocycles. The van der Waals surface area contributed by atoms with E-state index in [1.807, 2.05) is 48.5 Å². The molecule has 0 saturated heterocycles. The molecular weight excluding hydrogens is 462 g/mol. The van der Waals surface area contributed by atoms with Gasteiger partial charge in [-0.1, -0.05) is 46.3 Å². The fraction of sp³-hybridized carbons (Fsp3) is 0.0435. The van der Waals surface area contributed by atoms with Crippen molar-refractivity contribution in [2.45, 2.75) is 0 Å². The normalized spacial score (nSPS) is 10.6. The van der Waals surface area contributed by atoms with Crippen molar-refractivity contribution < 1.29 is 14.5 Å². The van der Waals surface area contributed by atoms with Gasteiger partial charge in [0.15, 0.2) is 0 Å². The van der Waals surface area contributed by atoms with Crippen LogP contribution in [0, 0.1) is 10.1 Å². The Morgan fingerprint density at radius 2 is 1.87 bits per heavy atom. The molecule has 8 heteroatoms. The van der Waals surface area contributed by atoms with Gasteiger partial charge in [0, 0.05) is 27.6 Å². The van der Waals surface area contributed by atoms with Crippen LogP contribution >= 0.6 is 15.9 Å². The first-order valence-corrected chi connectivity index (χ1v) is 10.0. The lowest BCUT2D eigenvalue weighted by molar-refractivity contribution is -0.384. The molecule has 0 aliphatic rings. The number of carbonyl (C=O) groups excluding carboxylic acids is 1. The second-order valence-corrected chi connectivity index (χ2v) is 7.59. The van der Waals surface area contributed by atoms with Crippen LogP contribution in [0.4, 0.5) is 11.4 Å². The van der Waals surface area contributed by atoms with Crippen LogP contribution in [0.3, 0.4) is 0 Å². The maximum absolute atomic E-state index is 13.3. The molecule has 154 valence electrons. The number of pyridine rings is 1. The number of aromatic nitrogens is 1. The number of nitrogens with one attached hydrogen (secondary N) is 1. The maximum Gasteiger partial charge on any atom is 0.271 e. The number of benzene rings is 3. The summed E-state index contributed by atoms with van der Waals surface area (Å²) in [5.41, 5.74) is 2.61. The zero-order chi connectivity index (χ0) is 22.0. The number of ether oxygens (including phenoxy) is 1. The first-order chi connectivity index (χ1) is 15.0. The smallest absolute Gasteiger partial charge is 0.271 e. The van der Waals surface area contributed by atoms with Crippen molar-refractivity contribution in [2.24, 2.45) is 0 Å². The molecule has 0 unspecified atom stereocenters. The van der Waals surface area contributed by atoms with Crippen molar-refractivity contribution in [1.82, 2.24) is 4.98 Å². The number of nitro benzene ring substituents is 1. The van der Waals surface area contributed by atoms with Crippen LogP contribution in [-0.2, 0) is 0 Å². The minimum Gasteiger partial charge on any atom is -0.495 e. The fourth-order valence-corrected chi connectivity index (χ4v) is 3.66. The Kier molecular flexibility index (Phi) is 5.64. The molecule has 4 aromatic rings. The lowest BCUT2D eigenvalue weighted by atomic mass is 10.0. The van der Waals surface area contributed by atoms with E-state index in [0.29, 0.717) is 27.9 Å². The number of methoxy groups -OCH3 is 1. The van der Waals surface area contributed by atoms with Gasteiger partial charge in [0.2, 0.25) is 0 Å². The first kappa shape index (κ1) is 20.5. The Morgan fingerprint density at radius 1 is 1.06 bits per heavy atom. The van der Waals surface area contributed by atoms with Gasteiger partial charge >= 0.3 is 0 Å². The monoisotopic (exact) mass is 477 g/mol. The van der Waals surface area contributed by atoms with Crippen LogP contribution in [0.5, 0.6) is 5.75 Å². The standard InChI is InChI=1S/C23H16BrN3O4/c1-31-22-10-9-16(27(29)30)12-21(22)26-23(28)18-13-20(14-5-4-6-15(24)11-14)25-19-8-3-2-7-17(18)19/h2-13H,1H3,(H,26,28). The summed E-state index contributed by atoms with van der Waals surface area (Å²) in [5.74, 6) is -0.0989. The summed E-state index contributed by atoms with van der Waals surface area (Å²) in [4.78, 5) is 28.6. The summed E-state index contributed by atoms with van der Waals surface area (Å²) < 4.78 is 6.15. The highest BCUT2D eigenvalue weighted by Gasteiger charge is 2.18. The van der Waals surface area contributed by atoms with Gasteiger partial charge in [-0.25, -0.2) is 4.98 Å². The molecule has 7 nitrogen and oxygen atoms in total. The van der Waals surface area contributed by atoms with E-state index in [1.165, 1.54) is 25.3 Å². The lowest BCUT2D eigenvalue weighted by Crippen LogP contribution is -2.14. The van der Waals surface area contributed by atoms with Crippen molar-refractivity contribution in [3.63, 3.8) is 0 Å². The van der Waals surface area contributed by atoms with E-state index >= 15 is 0 Å². The van der Waals surface area contributed by atoms with Crippen LogP contribution < -0.4 is 10.1 Å². The minimum atomic E-state index is -0.525. The number of carbonyl (C=O) groups is 1. The van der Waals surface area contributed by atoms with Gasteiger partial charge in [-0.2, -0.15) is 0 Å². The Bertz CT molecular complexity index is 1320. The van der Waals surface area contributed by atoms with E-state index in [1.54, 1.807) is 6.07 Å². The number of hydrogen-bond acceptors (Lipinski definition) is 5. The summed E-state index contributed by atoms with van der Waals surface area (Å²) in [5, 5.41) is 14.6. The number of fused-ring (bicyclic) bond motifs is 1. The first-order valence-electron chi connectivity index (χ1n) is 9.26. The number of non-ortho nitro benzene ring substituents is 1. The van der Waals surface area contributed by atoms with Crippen molar-refractivity contribution in [2.75, 3.05) is 12.4 Å². The molecule has 0 saturated carbocycles. The van der Waals surface area contributed by atoms with Crippen LogP contribution in [-0.4, -0.2) is 22.9 Å². The van der Waals surface area contributed by atoms with E-state index in [2.05, 4.69) is 21.2 Å². The molecule has 0 atom stereocenters. The van der Waals surface area contributed by atoms with Gasteiger partial charge in [-0.3, -0.25) is 14.9 Å². The highest BCUT2D eigenvalue weighted by atomic mass is 79.9. The van der Waals surface area contributed by atoms with Gasteiger partial charge in [0.05, 0.1) is 34.5 Å². The molecule has 0 spiro atoms. The fourth-order valence-electron chi connectivity index (χ4n) is 3.26. The quantitative estimate of drug-likeness (QED) is 0.288. The zero-order valence-electron chi connectivity index (χ0n) is 16.3. The van der Waals surface area contributed by atoms with Crippen molar-refractivity contribution in [3.05, 3.63) is 92.9 Å². The third kappa shape index (κ3) is 4.24. The minimum absolute atomic E-state index is 0.148. The SMILES string of the molecule is COc1ccc([N+](=O)[O-])cc1NC(=O)c1cc(-c2cccc(Br)c2)nc2ccccc12. The van der Waals surface area contributed by atoms with E-state index in [4.69, 9.17) is 9.72 Å². The molecule has 0 fully saturated rings. The van der Waals surface area contributed by atoms with Crippen molar-refractivity contribution >= 4 is 44.1 Å². The van der Waals surface area contributed by atoms with E-state index in [9.17, 15) is 14.9 Å². The number of hydrogen-bond donors (Lipinski definition) is 1. The molecule has 0 bridgehead atoms. The van der Waals surface area contributed by atoms with E-state index in [-0.39, 0.29) is 11.4 Å². The lowest BCUT2D eigenvalue weighted by Gasteiger charge is -2.13. The van der Waals surface area contributed by atoms with Gasteiger partial charge in [-0.05, 0) is 30.3 Å². The van der Waals surface area contributed by atoms with Gasteiger partial charge in [-0.15, -0.1) is 0 Å². The number of para-hydroxylation sites is 1. The summed E-state index contributed by atoms with van der Waals surface area (Å²) in [6.07, 6.45) is 0. The van der Waals surface area contributed by atoms with Gasteiger partial charge < -0.3 is 10.1 Å². The third-order valence-electron chi connectivity index (χ3n) is 4.72. The Labute approximate surface area is 186 Å². The molecule has 1 N–H and O–H groups in total. The zero-order valence-corrected chi connectivity index (χ0v) is 17.9.